The smallest absolute Gasteiger partial charge is 0.191 e. The number of guanidine groups is 1. The van der Waals surface area contributed by atoms with E-state index in [1.165, 1.54) is 23.5 Å². The molecule has 0 radical (unpaired) electrons. The van der Waals surface area contributed by atoms with Crippen LogP contribution < -0.4 is 15.5 Å². The highest BCUT2D eigenvalue weighted by molar-refractivity contribution is 7.11. The van der Waals surface area contributed by atoms with E-state index in [9.17, 15) is 0 Å². The van der Waals surface area contributed by atoms with Crippen molar-refractivity contribution < 1.29 is 0 Å². The minimum Gasteiger partial charge on any atom is -0.369 e. The highest BCUT2D eigenvalue weighted by atomic mass is 32.1. The summed E-state index contributed by atoms with van der Waals surface area (Å²) in [6.45, 7) is 14.5. The van der Waals surface area contributed by atoms with Crippen LogP contribution in [0.2, 0.25) is 0 Å². The van der Waals surface area contributed by atoms with Crippen molar-refractivity contribution >= 4 is 23.0 Å². The van der Waals surface area contributed by atoms with Gasteiger partial charge in [-0.2, -0.15) is 0 Å². The van der Waals surface area contributed by atoms with E-state index < -0.39 is 0 Å². The molecule has 0 atom stereocenters. The second-order valence-electron chi connectivity index (χ2n) is 7.74. The number of aliphatic imine (C=N–C) groups is 1. The zero-order valence-electron chi connectivity index (χ0n) is 18.7. The van der Waals surface area contributed by atoms with Crippen molar-refractivity contribution in [1.29, 1.82) is 0 Å². The lowest BCUT2D eigenvalue weighted by atomic mass is 10.2. The number of anilines is 1. The van der Waals surface area contributed by atoms with Gasteiger partial charge in [0.05, 0.1) is 12.2 Å². The fourth-order valence-corrected chi connectivity index (χ4v) is 4.49. The molecule has 0 unspecified atom stereocenters. The Morgan fingerprint density at radius 3 is 2.50 bits per heavy atom. The summed E-state index contributed by atoms with van der Waals surface area (Å²) in [5.41, 5.74) is 2.47. The molecule has 0 amide bonds. The van der Waals surface area contributed by atoms with E-state index in [-0.39, 0.29) is 0 Å². The van der Waals surface area contributed by atoms with Crippen LogP contribution in [0.15, 0.2) is 35.3 Å². The van der Waals surface area contributed by atoms with Crippen molar-refractivity contribution in [3.63, 3.8) is 0 Å². The van der Waals surface area contributed by atoms with Crippen LogP contribution in [0, 0.1) is 13.8 Å². The molecule has 2 heterocycles. The van der Waals surface area contributed by atoms with Crippen LogP contribution in [0.4, 0.5) is 5.69 Å². The zero-order chi connectivity index (χ0) is 21.2. The van der Waals surface area contributed by atoms with Gasteiger partial charge in [0.15, 0.2) is 5.96 Å². The van der Waals surface area contributed by atoms with Gasteiger partial charge in [-0.15, -0.1) is 11.3 Å². The van der Waals surface area contributed by atoms with Gasteiger partial charge in [0.25, 0.3) is 0 Å². The zero-order valence-corrected chi connectivity index (χ0v) is 19.5. The molecule has 0 spiro atoms. The molecular weight excluding hydrogens is 392 g/mol. The van der Waals surface area contributed by atoms with E-state index in [0.717, 1.165) is 62.4 Å². The van der Waals surface area contributed by atoms with E-state index in [0.29, 0.717) is 6.54 Å². The largest absolute Gasteiger partial charge is 0.369 e. The molecule has 164 valence electrons. The Morgan fingerprint density at radius 2 is 1.83 bits per heavy atom. The monoisotopic (exact) mass is 428 g/mol. The highest BCUT2D eigenvalue weighted by Crippen LogP contribution is 2.17. The SMILES string of the molecule is CCNC(=NCc1nc(C)c(C)s1)NCCCCN1CCN(c2ccccc2)CC1. The van der Waals surface area contributed by atoms with Crippen molar-refractivity contribution in [2.45, 2.75) is 40.2 Å². The van der Waals surface area contributed by atoms with E-state index in [1.54, 1.807) is 11.3 Å². The van der Waals surface area contributed by atoms with Gasteiger partial charge in [-0.25, -0.2) is 9.98 Å². The molecule has 6 nitrogen and oxygen atoms in total. The maximum absolute atomic E-state index is 4.69. The number of para-hydroxylation sites is 1. The lowest BCUT2D eigenvalue weighted by Gasteiger charge is -2.36. The third-order valence-corrected chi connectivity index (χ3v) is 6.53. The molecule has 3 rings (SSSR count). The van der Waals surface area contributed by atoms with Gasteiger partial charge in [-0.1, -0.05) is 18.2 Å². The first kappa shape index (κ1) is 22.6. The van der Waals surface area contributed by atoms with Crippen LogP contribution in [-0.2, 0) is 6.54 Å². The number of nitrogens with one attached hydrogen (secondary N) is 2. The Kier molecular flexibility index (Phi) is 8.96. The number of hydrogen-bond donors (Lipinski definition) is 2. The number of aryl methyl sites for hydroxylation is 2. The molecule has 1 aromatic carbocycles. The molecule has 1 aliphatic heterocycles. The predicted octanol–water partition coefficient (Wildman–Crippen LogP) is 3.42. The number of rotatable bonds is 9. The molecule has 1 fully saturated rings. The minimum absolute atomic E-state index is 0.639. The Bertz CT molecular complexity index is 761. The summed E-state index contributed by atoms with van der Waals surface area (Å²) in [7, 11) is 0. The average Bonchev–Trinajstić information content (AvgIpc) is 3.10. The van der Waals surface area contributed by atoms with Gasteiger partial charge in [0.1, 0.15) is 5.01 Å². The summed E-state index contributed by atoms with van der Waals surface area (Å²) in [4.78, 5) is 15.6. The Morgan fingerprint density at radius 1 is 1.07 bits per heavy atom. The van der Waals surface area contributed by atoms with Crippen LogP contribution in [-0.4, -0.2) is 61.7 Å². The second kappa shape index (κ2) is 11.9. The number of nitrogens with zero attached hydrogens (tertiary/aromatic N) is 4. The first-order valence-electron chi connectivity index (χ1n) is 11.1. The molecule has 7 heteroatoms. The number of piperazine rings is 1. The van der Waals surface area contributed by atoms with Gasteiger partial charge in [-0.05, 0) is 52.3 Å². The maximum atomic E-state index is 4.69. The number of thiazole rings is 1. The van der Waals surface area contributed by atoms with E-state index >= 15 is 0 Å². The lowest BCUT2D eigenvalue weighted by Crippen LogP contribution is -2.46. The topological polar surface area (TPSA) is 55.8 Å². The molecule has 0 bridgehead atoms. The van der Waals surface area contributed by atoms with Gasteiger partial charge in [-0.3, -0.25) is 4.90 Å². The fraction of sp³-hybridized carbons (Fsp3) is 0.565. The summed E-state index contributed by atoms with van der Waals surface area (Å²) in [5.74, 6) is 0.888. The van der Waals surface area contributed by atoms with Gasteiger partial charge < -0.3 is 15.5 Å². The lowest BCUT2D eigenvalue weighted by molar-refractivity contribution is 0.253. The van der Waals surface area contributed by atoms with Crippen molar-refractivity contribution in [2.24, 2.45) is 4.99 Å². The van der Waals surface area contributed by atoms with Crippen LogP contribution >= 0.6 is 11.3 Å². The quantitative estimate of drug-likeness (QED) is 0.364. The third kappa shape index (κ3) is 6.99. The number of unbranched alkanes of at least 4 members (excludes halogenated alkanes) is 1. The van der Waals surface area contributed by atoms with E-state index in [4.69, 9.17) is 0 Å². The van der Waals surface area contributed by atoms with E-state index in [1.807, 2.05) is 0 Å². The number of aromatic nitrogens is 1. The Balaban J connectivity index is 1.32. The molecule has 1 aromatic heterocycles. The van der Waals surface area contributed by atoms with Crippen molar-refractivity contribution in [3.8, 4) is 0 Å². The summed E-state index contributed by atoms with van der Waals surface area (Å²) in [6.07, 6.45) is 2.36. The van der Waals surface area contributed by atoms with Crippen LogP contribution in [0.25, 0.3) is 0 Å². The van der Waals surface area contributed by atoms with Gasteiger partial charge >= 0.3 is 0 Å². The van der Waals surface area contributed by atoms with Gasteiger partial charge in [0, 0.05) is 49.8 Å². The molecule has 0 saturated carbocycles. The van der Waals surface area contributed by atoms with Gasteiger partial charge in [0.2, 0.25) is 0 Å². The van der Waals surface area contributed by atoms with Crippen molar-refractivity contribution in [1.82, 2.24) is 20.5 Å². The predicted molar refractivity (Wildman–Crippen MR) is 129 cm³/mol. The normalized spacial score (nSPS) is 15.4. The molecule has 2 N–H and O–H groups in total. The molecule has 30 heavy (non-hydrogen) atoms. The fourth-order valence-electron chi connectivity index (χ4n) is 3.63. The molecule has 1 saturated heterocycles. The maximum Gasteiger partial charge on any atom is 0.191 e. The number of benzene rings is 1. The van der Waals surface area contributed by atoms with Crippen LogP contribution in [0.3, 0.4) is 0 Å². The second-order valence-corrected chi connectivity index (χ2v) is 9.03. The highest BCUT2D eigenvalue weighted by Gasteiger charge is 2.16. The van der Waals surface area contributed by atoms with Crippen LogP contribution in [0.5, 0.6) is 0 Å². The standard InChI is InChI=1S/C23H36N6S/c1-4-24-23(26-18-22-27-19(2)20(3)30-22)25-12-8-9-13-28-14-16-29(17-15-28)21-10-6-5-7-11-21/h5-7,10-11H,4,8-9,12-18H2,1-3H3,(H2,24,25,26). The van der Waals surface area contributed by atoms with Crippen molar-refractivity contribution in [2.75, 3.05) is 50.7 Å². The molecule has 0 aliphatic carbocycles. The Hall–Kier alpha value is -2.12. The minimum atomic E-state index is 0.639. The first-order valence-corrected chi connectivity index (χ1v) is 11.9. The number of hydrogen-bond acceptors (Lipinski definition) is 5. The summed E-state index contributed by atoms with van der Waals surface area (Å²) in [6, 6.07) is 10.8. The summed E-state index contributed by atoms with van der Waals surface area (Å²) < 4.78 is 0. The summed E-state index contributed by atoms with van der Waals surface area (Å²) >= 11 is 1.74. The van der Waals surface area contributed by atoms with Crippen LogP contribution in [0.1, 0.15) is 35.3 Å². The first-order chi connectivity index (χ1) is 14.7. The Labute approximate surface area is 185 Å². The molecule has 1 aliphatic rings. The average molecular weight is 429 g/mol. The summed E-state index contributed by atoms with van der Waals surface area (Å²) in [5, 5.41) is 7.88. The molecule has 2 aromatic rings. The third-order valence-electron chi connectivity index (χ3n) is 5.48. The van der Waals surface area contributed by atoms with E-state index in [2.05, 4.69) is 81.5 Å². The molecular formula is C23H36N6S. The van der Waals surface area contributed by atoms with Crippen molar-refractivity contribution in [3.05, 3.63) is 45.9 Å².